The number of ketones is 1. The smallest absolute Gasteiger partial charge is 0.322 e. The van der Waals surface area contributed by atoms with Gasteiger partial charge in [-0.15, -0.1) is 0 Å². The molecule has 2 rings (SSSR count). The molecule has 5 heteroatoms. The fourth-order valence-electron chi connectivity index (χ4n) is 2.67. The fourth-order valence-corrected chi connectivity index (χ4v) is 2.67. The van der Waals surface area contributed by atoms with Crippen LogP contribution in [0.25, 0.3) is 0 Å². The van der Waals surface area contributed by atoms with E-state index >= 15 is 0 Å². The molecule has 0 bridgehead atoms. The van der Waals surface area contributed by atoms with Gasteiger partial charge in [-0.1, -0.05) is 26.0 Å². The highest BCUT2D eigenvalue weighted by atomic mass is 16.5. The molecule has 1 atom stereocenters. The van der Waals surface area contributed by atoms with Crippen LogP contribution in [0.5, 0.6) is 0 Å². The van der Waals surface area contributed by atoms with E-state index in [0.29, 0.717) is 36.9 Å². The van der Waals surface area contributed by atoms with Gasteiger partial charge in [0.25, 0.3) is 0 Å². The molecule has 1 N–H and O–H groups in total. The van der Waals surface area contributed by atoms with Crippen LogP contribution < -0.4 is 5.32 Å². The van der Waals surface area contributed by atoms with E-state index in [1.165, 1.54) is 6.92 Å². The first-order valence-corrected chi connectivity index (χ1v) is 7.73. The summed E-state index contributed by atoms with van der Waals surface area (Å²) in [5.74, 6) is 0.489. The second-order valence-electron chi connectivity index (χ2n) is 6.12. The van der Waals surface area contributed by atoms with Crippen molar-refractivity contribution in [2.24, 2.45) is 5.92 Å². The molecule has 1 aromatic rings. The molecule has 120 valence electrons. The molecular formula is C17H24N2O3. The monoisotopic (exact) mass is 304 g/mol. The highest BCUT2D eigenvalue weighted by molar-refractivity contribution is 5.96. The van der Waals surface area contributed by atoms with Crippen LogP contribution >= 0.6 is 0 Å². The van der Waals surface area contributed by atoms with Crippen LogP contribution in [0.3, 0.4) is 0 Å². The maximum absolute atomic E-state index is 12.5. The first-order chi connectivity index (χ1) is 10.5. The Labute approximate surface area is 131 Å². The molecule has 0 aliphatic carbocycles. The maximum Gasteiger partial charge on any atom is 0.322 e. The third-order valence-corrected chi connectivity index (χ3v) is 3.75. The number of amides is 2. The van der Waals surface area contributed by atoms with Gasteiger partial charge < -0.3 is 15.0 Å². The van der Waals surface area contributed by atoms with Crippen molar-refractivity contribution in [3.63, 3.8) is 0 Å². The summed E-state index contributed by atoms with van der Waals surface area (Å²) in [6, 6.07) is 6.99. The molecule has 0 saturated carbocycles. The molecule has 5 nitrogen and oxygen atoms in total. The normalized spacial score (nSPS) is 18.4. The van der Waals surface area contributed by atoms with Gasteiger partial charge in [0.1, 0.15) is 0 Å². The largest absolute Gasteiger partial charge is 0.377 e. The summed E-state index contributed by atoms with van der Waals surface area (Å²) in [4.78, 5) is 25.8. The number of carbonyl (C=O) groups is 2. The van der Waals surface area contributed by atoms with E-state index in [9.17, 15) is 9.59 Å². The van der Waals surface area contributed by atoms with Crippen LogP contribution in [0.1, 0.15) is 37.6 Å². The second-order valence-corrected chi connectivity index (χ2v) is 6.12. The minimum absolute atomic E-state index is 0.0137. The number of ether oxygens (including phenoxy) is 1. The Bertz CT molecular complexity index is 542. The Kier molecular flexibility index (Phi) is 5.55. The Morgan fingerprint density at radius 2 is 2.18 bits per heavy atom. The summed E-state index contributed by atoms with van der Waals surface area (Å²) in [6.45, 7) is 7.54. The Morgan fingerprint density at radius 1 is 1.41 bits per heavy atom. The maximum atomic E-state index is 12.5. The molecule has 1 fully saturated rings. The number of urea groups is 1. The van der Waals surface area contributed by atoms with E-state index in [1.807, 2.05) is 4.90 Å². The van der Waals surface area contributed by atoms with Gasteiger partial charge in [-0.05, 0) is 31.4 Å². The highest BCUT2D eigenvalue weighted by Crippen LogP contribution is 2.18. The van der Waals surface area contributed by atoms with Crippen molar-refractivity contribution >= 4 is 17.5 Å². The SMILES string of the molecule is CC(=O)c1cccc(NC(=O)N2CCOC[C@@H]2CC(C)C)c1. The predicted molar refractivity (Wildman–Crippen MR) is 86.2 cm³/mol. The quantitative estimate of drug-likeness (QED) is 0.869. The van der Waals surface area contributed by atoms with Gasteiger partial charge >= 0.3 is 6.03 Å². The summed E-state index contributed by atoms with van der Waals surface area (Å²) in [6.07, 6.45) is 0.918. The molecule has 1 aliphatic heterocycles. The van der Waals surface area contributed by atoms with E-state index < -0.39 is 0 Å². The van der Waals surface area contributed by atoms with Gasteiger partial charge in [0.15, 0.2) is 5.78 Å². The first-order valence-electron chi connectivity index (χ1n) is 7.73. The van der Waals surface area contributed by atoms with E-state index in [2.05, 4.69) is 19.2 Å². The number of hydrogen-bond acceptors (Lipinski definition) is 3. The lowest BCUT2D eigenvalue weighted by Gasteiger charge is -2.36. The van der Waals surface area contributed by atoms with E-state index in [4.69, 9.17) is 4.74 Å². The van der Waals surface area contributed by atoms with Crippen LogP contribution in [0, 0.1) is 5.92 Å². The lowest BCUT2D eigenvalue weighted by atomic mass is 10.0. The standard InChI is InChI=1S/C17H24N2O3/c1-12(2)9-16-11-22-8-7-19(16)17(21)18-15-6-4-5-14(10-15)13(3)20/h4-6,10,12,16H,7-9,11H2,1-3H3,(H,18,21)/t16-/m0/s1. The third kappa shape index (κ3) is 4.31. The van der Waals surface area contributed by atoms with Crippen LogP contribution in [0.2, 0.25) is 0 Å². The van der Waals surface area contributed by atoms with Crippen molar-refractivity contribution in [2.75, 3.05) is 25.1 Å². The van der Waals surface area contributed by atoms with Crippen molar-refractivity contribution in [3.05, 3.63) is 29.8 Å². The molecular weight excluding hydrogens is 280 g/mol. The number of morpholine rings is 1. The van der Waals surface area contributed by atoms with Crippen molar-refractivity contribution in [3.8, 4) is 0 Å². The van der Waals surface area contributed by atoms with Crippen molar-refractivity contribution < 1.29 is 14.3 Å². The average Bonchev–Trinajstić information content (AvgIpc) is 2.47. The lowest BCUT2D eigenvalue weighted by Crippen LogP contribution is -2.50. The lowest BCUT2D eigenvalue weighted by molar-refractivity contribution is 0.00857. The number of hydrogen-bond donors (Lipinski definition) is 1. The van der Waals surface area contributed by atoms with Crippen LogP contribution in [0.15, 0.2) is 24.3 Å². The summed E-state index contributed by atoms with van der Waals surface area (Å²) in [7, 11) is 0. The van der Waals surface area contributed by atoms with Crippen LogP contribution in [0.4, 0.5) is 10.5 Å². The van der Waals surface area contributed by atoms with Gasteiger partial charge in [-0.25, -0.2) is 4.79 Å². The predicted octanol–water partition coefficient (Wildman–Crippen LogP) is 3.17. The summed E-state index contributed by atoms with van der Waals surface area (Å²) in [5, 5.41) is 2.89. The first kappa shape index (κ1) is 16.5. The zero-order chi connectivity index (χ0) is 16.1. The van der Waals surface area contributed by atoms with Gasteiger partial charge in [-0.2, -0.15) is 0 Å². The molecule has 2 amide bonds. The summed E-state index contributed by atoms with van der Waals surface area (Å²) >= 11 is 0. The zero-order valence-corrected chi connectivity index (χ0v) is 13.5. The number of carbonyl (C=O) groups excluding carboxylic acids is 2. The molecule has 0 spiro atoms. The molecule has 0 aromatic heterocycles. The van der Waals surface area contributed by atoms with Gasteiger partial charge in [-0.3, -0.25) is 4.79 Å². The minimum atomic E-state index is -0.130. The third-order valence-electron chi connectivity index (χ3n) is 3.75. The van der Waals surface area contributed by atoms with E-state index in [0.717, 1.165) is 6.42 Å². The van der Waals surface area contributed by atoms with Gasteiger partial charge in [0.05, 0.1) is 19.3 Å². The fraction of sp³-hybridized carbons (Fsp3) is 0.529. The zero-order valence-electron chi connectivity index (χ0n) is 13.5. The molecule has 0 unspecified atom stereocenters. The number of anilines is 1. The minimum Gasteiger partial charge on any atom is -0.377 e. The van der Waals surface area contributed by atoms with Gasteiger partial charge in [0.2, 0.25) is 0 Å². The summed E-state index contributed by atoms with van der Waals surface area (Å²) < 4.78 is 5.50. The number of Topliss-reactive ketones (excluding diaryl/α,β-unsaturated/α-hetero) is 1. The second kappa shape index (κ2) is 7.40. The van der Waals surface area contributed by atoms with Crippen LogP contribution in [-0.4, -0.2) is 42.5 Å². The Morgan fingerprint density at radius 3 is 2.86 bits per heavy atom. The Hall–Kier alpha value is -1.88. The van der Waals surface area contributed by atoms with Crippen LogP contribution in [-0.2, 0) is 4.74 Å². The number of nitrogens with one attached hydrogen (secondary N) is 1. The molecule has 1 heterocycles. The van der Waals surface area contributed by atoms with Gasteiger partial charge in [0, 0.05) is 17.8 Å². The Balaban J connectivity index is 2.06. The number of rotatable bonds is 4. The topological polar surface area (TPSA) is 58.6 Å². The van der Waals surface area contributed by atoms with Crippen molar-refractivity contribution in [2.45, 2.75) is 33.2 Å². The number of benzene rings is 1. The average molecular weight is 304 g/mol. The van der Waals surface area contributed by atoms with E-state index in [1.54, 1.807) is 24.3 Å². The number of nitrogens with zero attached hydrogens (tertiary/aromatic N) is 1. The molecule has 0 radical (unpaired) electrons. The van der Waals surface area contributed by atoms with Crippen molar-refractivity contribution in [1.29, 1.82) is 0 Å². The molecule has 1 saturated heterocycles. The summed E-state index contributed by atoms with van der Waals surface area (Å²) in [5.41, 5.74) is 1.24. The molecule has 1 aliphatic rings. The van der Waals surface area contributed by atoms with Crippen molar-refractivity contribution in [1.82, 2.24) is 4.90 Å². The highest BCUT2D eigenvalue weighted by Gasteiger charge is 2.27. The molecule has 1 aromatic carbocycles. The van der Waals surface area contributed by atoms with E-state index in [-0.39, 0.29) is 17.9 Å². The molecule has 22 heavy (non-hydrogen) atoms.